The zero-order chi connectivity index (χ0) is 20.0. The molecule has 0 unspecified atom stereocenters. The summed E-state index contributed by atoms with van der Waals surface area (Å²) in [7, 11) is 1.22. The number of carbonyl (C=O) groups excluding carboxylic acids is 2. The summed E-state index contributed by atoms with van der Waals surface area (Å²) in [5, 5.41) is 7.46. The molecule has 0 aromatic carbocycles. The minimum atomic E-state index is -4.57. The SMILES string of the molecule is COC(=O)Cn1cc([C@H](C)OC(=O)c2ncccc2OCC(F)(F)F)nn1. The summed E-state index contributed by atoms with van der Waals surface area (Å²) >= 11 is 0. The van der Waals surface area contributed by atoms with E-state index < -0.39 is 36.5 Å². The fourth-order valence-corrected chi connectivity index (χ4v) is 1.87. The van der Waals surface area contributed by atoms with Crippen LogP contribution < -0.4 is 4.74 Å². The number of esters is 2. The Labute approximate surface area is 151 Å². The highest BCUT2D eigenvalue weighted by Crippen LogP contribution is 2.23. The number of hydrogen-bond acceptors (Lipinski definition) is 8. The molecule has 0 N–H and O–H groups in total. The molecule has 0 amide bonds. The minimum Gasteiger partial charge on any atom is -0.482 e. The van der Waals surface area contributed by atoms with Crippen LogP contribution in [0, 0.1) is 0 Å². The second kappa shape index (κ2) is 8.47. The topological polar surface area (TPSA) is 105 Å². The van der Waals surface area contributed by atoms with Crippen molar-refractivity contribution in [2.75, 3.05) is 13.7 Å². The van der Waals surface area contributed by atoms with Crippen LogP contribution in [0.5, 0.6) is 5.75 Å². The van der Waals surface area contributed by atoms with Gasteiger partial charge < -0.3 is 14.2 Å². The van der Waals surface area contributed by atoms with Gasteiger partial charge in [-0.05, 0) is 19.1 Å². The van der Waals surface area contributed by atoms with Gasteiger partial charge in [0.05, 0.1) is 13.3 Å². The van der Waals surface area contributed by atoms with Crippen molar-refractivity contribution in [1.29, 1.82) is 0 Å². The molecule has 2 aromatic heterocycles. The van der Waals surface area contributed by atoms with E-state index in [-0.39, 0.29) is 18.0 Å². The van der Waals surface area contributed by atoms with Gasteiger partial charge in [0.2, 0.25) is 0 Å². The molecule has 27 heavy (non-hydrogen) atoms. The zero-order valence-electron chi connectivity index (χ0n) is 14.3. The second-order valence-corrected chi connectivity index (χ2v) is 5.22. The normalized spacial score (nSPS) is 12.3. The summed E-state index contributed by atoms with van der Waals surface area (Å²) in [5.41, 5.74) is -0.184. The minimum absolute atomic E-state index is 0.181. The van der Waals surface area contributed by atoms with E-state index in [1.54, 1.807) is 0 Å². The van der Waals surface area contributed by atoms with Crippen LogP contribution in [0.2, 0.25) is 0 Å². The lowest BCUT2D eigenvalue weighted by Crippen LogP contribution is -2.21. The van der Waals surface area contributed by atoms with Gasteiger partial charge in [0.25, 0.3) is 0 Å². The molecular weight excluding hydrogens is 373 g/mol. The summed E-state index contributed by atoms with van der Waals surface area (Å²) < 4.78 is 52.4. The summed E-state index contributed by atoms with van der Waals surface area (Å²) in [6.07, 6.45) is -2.88. The van der Waals surface area contributed by atoms with Crippen LogP contribution in [0.15, 0.2) is 24.5 Å². The van der Waals surface area contributed by atoms with Gasteiger partial charge in [0.1, 0.15) is 18.3 Å². The standard InChI is InChI=1S/C15H15F3N4O5/c1-9(10-6-22(21-20-10)7-12(23)25-2)27-14(24)13-11(4-3-5-19-13)26-8-15(16,17)18/h3-6,9H,7-8H2,1-2H3/t9-/m0/s1. The molecule has 9 nitrogen and oxygen atoms in total. The van der Waals surface area contributed by atoms with E-state index in [1.807, 2.05) is 0 Å². The molecule has 0 radical (unpaired) electrons. The molecule has 12 heteroatoms. The first-order chi connectivity index (χ1) is 12.7. The first-order valence-electron chi connectivity index (χ1n) is 7.52. The van der Waals surface area contributed by atoms with Crippen LogP contribution in [-0.4, -0.2) is 51.8 Å². The van der Waals surface area contributed by atoms with Gasteiger partial charge in [0.15, 0.2) is 18.1 Å². The molecule has 0 spiro atoms. The summed E-state index contributed by atoms with van der Waals surface area (Å²) in [4.78, 5) is 27.1. The van der Waals surface area contributed by atoms with Crippen LogP contribution in [0.4, 0.5) is 13.2 Å². The Morgan fingerprint density at radius 2 is 2.07 bits per heavy atom. The van der Waals surface area contributed by atoms with E-state index in [1.165, 1.54) is 43.2 Å². The average molecular weight is 388 g/mol. The maximum absolute atomic E-state index is 12.3. The molecule has 2 aromatic rings. The molecule has 0 fully saturated rings. The fraction of sp³-hybridized carbons (Fsp3) is 0.400. The third-order valence-electron chi connectivity index (χ3n) is 3.13. The third kappa shape index (κ3) is 5.94. The van der Waals surface area contributed by atoms with Crippen LogP contribution in [0.25, 0.3) is 0 Å². The molecule has 0 saturated carbocycles. The first-order valence-corrected chi connectivity index (χ1v) is 7.52. The van der Waals surface area contributed by atoms with Gasteiger partial charge in [-0.15, -0.1) is 5.10 Å². The maximum Gasteiger partial charge on any atom is 0.422 e. The number of alkyl halides is 3. The second-order valence-electron chi connectivity index (χ2n) is 5.22. The van der Waals surface area contributed by atoms with Crippen molar-refractivity contribution in [1.82, 2.24) is 20.0 Å². The highest BCUT2D eigenvalue weighted by Gasteiger charge is 2.30. The zero-order valence-corrected chi connectivity index (χ0v) is 14.3. The predicted molar refractivity (Wildman–Crippen MR) is 81.7 cm³/mol. The van der Waals surface area contributed by atoms with Crippen molar-refractivity contribution in [3.8, 4) is 5.75 Å². The number of pyridine rings is 1. The Hall–Kier alpha value is -3.18. The molecule has 2 rings (SSSR count). The number of rotatable bonds is 7. The highest BCUT2D eigenvalue weighted by molar-refractivity contribution is 5.90. The number of methoxy groups -OCH3 is 1. The maximum atomic E-state index is 12.3. The van der Waals surface area contributed by atoms with Gasteiger partial charge in [-0.1, -0.05) is 5.21 Å². The number of halogens is 3. The van der Waals surface area contributed by atoms with Gasteiger partial charge in [-0.25, -0.2) is 14.5 Å². The predicted octanol–water partition coefficient (Wildman–Crippen LogP) is 1.71. The van der Waals surface area contributed by atoms with Crippen LogP contribution in [0.1, 0.15) is 29.2 Å². The summed E-state index contributed by atoms with van der Waals surface area (Å²) in [6, 6.07) is 2.50. The quantitative estimate of drug-likeness (QED) is 0.660. The van der Waals surface area contributed by atoms with Gasteiger partial charge in [0, 0.05) is 6.20 Å². The molecule has 0 bridgehead atoms. The van der Waals surface area contributed by atoms with Crippen molar-refractivity contribution in [3.63, 3.8) is 0 Å². The Morgan fingerprint density at radius 3 is 2.74 bits per heavy atom. The van der Waals surface area contributed by atoms with Crippen LogP contribution >= 0.6 is 0 Å². The molecule has 0 aliphatic heterocycles. The number of aromatic nitrogens is 4. The lowest BCUT2D eigenvalue weighted by Gasteiger charge is -2.13. The molecule has 0 saturated heterocycles. The monoisotopic (exact) mass is 388 g/mol. The van der Waals surface area contributed by atoms with Gasteiger partial charge in [-0.3, -0.25) is 4.79 Å². The van der Waals surface area contributed by atoms with Crippen molar-refractivity contribution in [2.24, 2.45) is 0 Å². The highest BCUT2D eigenvalue weighted by atomic mass is 19.4. The Kier molecular flexibility index (Phi) is 6.32. The van der Waals surface area contributed by atoms with Crippen molar-refractivity contribution >= 4 is 11.9 Å². The number of hydrogen-bond donors (Lipinski definition) is 0. The van der Waals surface area contributed by atoms with Crippen molar-refractivity contribution < 1.29 is 37.0 Å². The van der Waals surface area contributed by atoms with Gasteiger partial charge in [-0.2, -0.15) is 13.2 Å². The van der Waals surface area contributed by atoms with E-state index >= 15 is 0 Å². The molecule has 146 valence electrons. The Bertz CT molecular complexity index is 809. The Balaban J connectivity index is 2.05. The smallest absolute Gasteiger partial charge is 0.422 e. The Morgan fingerprint density at radius 1 is 1.33 bits per heavy atom. The number of carbonyl (C=O) groups is 2. The molecule has 0 aliphatic carbocycles. The number of nitrogens with zero attached hydrogens (tertiary/aromatic N) is 4. The number of ether oxygens (including phenoxy) is 3. The van der Waals surface area contributed by atoms with Crippen molar-refractivity contribution in [2.45, 2.75) is 25.7 Å². The molecule has 1 atom stereocenters. The molecular formula is C15H15F3N4O5. The largest absolute Gasteiger partial charge is 0.482 e. The van der Waals surface area contributed by atoms with Crippen LogP contribution in [-0.2, 0) is 20.8 Å². The van der Waals surface area contributed by atoms with E-state index in [4.69, 9.17) is 4.74 Å². The lowest BCUT2D eigenvalue weighted by atomic mass is 10.3. The van der Waals surface area contributed by atoms with Crippen LogP contribution in [0.3, 0.4) is 0 Å². The third-order valence-corrected chi connectivity index (χ3v) is 3.13. The molecule has 0 aliphatic rings. The van der Waals surface area contributed by atoms with Gasteiger partial charge >= 0.3 is 18.1 Å². The van der Waals surface area contributed by atoms with E-state index in [2.05, 4.69) is 24.8 Å². The van der Waals surface area contributed by atoms with E-state index in [9.17, 15) is 22.8 Å². The average Bonchev–Trinajstić information content (AvgIpc) is 3.08. The fourth-order valence-electron chi connectivity index (χ4n) is 1.87. The molecule has 2 heterocycles. The summed E-state index contributed by atoms with van der Waals surface area (Å²) in [6.45, 7) is -0.278. The first kappa shape index (κ1) is 20.1. The lowest BCUT2D eigenvalue weighted by molar-refractivity contribution is -0.153. The van der Waals surface area contributed by atoms with E-state index in [0.29, 0.717) is 0 Å². The van der Waals surface area contributed by atoms with E-state index in [0.717, 1.165) is 0 Å². The van der Waals surface area contributed by atoms with Crippen molar-refractivity contribution in [3.05, 3.63) is 35.9 Å². The summed E-state index contributed by atoms with van der Waals surface area (Å²) in [5.74, 6) is -1.90.